The molecular formula is C20H17ClN2O6S. The summed E-state index contributed by atoms with van der Waals surface area (Å²) < 4.78 is 39.2. The van der Waals surface area contributed by atoms with E-state index in [4.69, 9.17) is 21.1 Å². The number of nitrogens with one attached hydrogen (secondary N) is 1. The van der Waals surface area contributed by atoms with Gasteiger partial charge in [0.15, 0.2) is 5.75 Å². The summed E-state index contributed by atoms with van der Waals surface area (Å²) in [5.74, 6) is 1.29. The van der Waals surface area contributed by atoms with Crippen molar-refractivity contribution < 1.29 is 22.8 Å². The van der Waals surface area contributed by atoms with Crippen LogP contribution < -0.4 is 14.2 Å². The number of anilines is 1. The second kappa shape index (κ2) is 8.60. The van der Waals surface area contributed by atoms with Crippen molar-refractivity contribution in [3.63, 3.8) is 0 Å². The van der Waals surface area contributed by atoms with E-state index in [0.717, 1.165) is 6.07 Å². The molecule has 1 N–H and O–H groups in total. The largest absolute Gasteiger partial charge is 0.497 e. The van der Waals surface area contributed by atoms with Gasteiger partial charge in [-0.25, -0.2) is 8.42 Å². The molecule has 156 valence electrons. The molecule has 3 aromatic rings. The number of methoxy groups -OCH3 is 1. The predicted molar refractivity (Wildman–Crippen MR) is 113 cm³/mol. The van der Waals surface area contributed by atoms with E-state index in [2.05, 4.69) is 4.72 Å². The van der Waals surface area contributed by atoms with Gasteiger partial charge in [-0.15, -0.1) is 0 Å². The molecular weight excluding hydrogens is 432 g/mol. The lowest BCUT2D eigenvalue weighted by Gasteiger charge is -2.15. The Morgan fingerprint density at radius 2 is 1.67 bits per heavy atom. The van der Waals surface area contributed by atoms with Gasteiger partial charge in [-0.1, -0.05) is 17.7 Å². The van der Waals surface area contributed by atoms with E-state index in [0.29, 0.717) is 17.1 Å². The molecule has 10 heteroatoms. The summed E-state index contributed by atoms with van der Waals surface area (Å²) in [6.45, 7) is 1.55. The van der Waals surface area contributed by atoms with Crippen molar-refractivity contribution in [3.8, 4) is 17.2 Å². The van der Waals surface area contributed by atoms with Crippen molar-refractivity contribution in [2.24, 2.45) is 0 Å². The zero-order valence-electron chi connectivity index (χ0n) is 16.0. The van der Waals surface area contributed by atoms with Crippen LogP contribution in [0.25, 0.3) is 0 Å². The van der Waals surface area contributed by atoms with Crippen LogP contribution in [0.2, 0.25) is 5.02 Å². The third-order valence-corrected chi connectivity index (χ3v) is 5.89. The number of non-ortho nitro benzene ring substituents is 1. The average molecular weight is 449 g/mol. The Bertz CT molecular complexity index is 1200. The number of rotatable bonds is 7. The van der Waals surface area contributed by atoms with Crippen molar-refractivity contribution in [3.05, 3.63) is 81.4 Å². The van der Waals surface area contributed by atoms with Crippen LogP contribution in [0.5, 0.6) is 17.2 Å². The monoisotopic (exact) mass is 448 g/mol. The maximum atomic E-state index is 12.9. The van der Waals surface area contributed by atoms with Crippen molar-refractivity contribution >= 4 is 33.0 Å². The molecule has 8 nitrogen and oxygen atoms in total. The summed E-state index contributed by atoms with van der Waals surface area (Å²) >= 11 is 6.04. The standard InChI is InChI=1S/C20H17ClN2O6S/c1-13-3-5-15(23(24)25)12-20(13)30(26,27)22-18-11-14(21)4-10-19(18)29-17-8-6-16(28-2)7-9-17/h3-12,22H,1-2H3. The molecule has 0 atom stereocenters. The number of ether oxygens (including phenoxy) is 2. The molecule has 3 rings (SSSR count). The average Bonchev–Trinajstić information content (AvgIpc) is 2.70. The van der Waals surface area contributed by atoms with Crippen molar-refractivity contribution in [1.29, 1.82) is 0 Å². The minimum atomic E-state index is -4.16. The number of benzene rings is 3. The molecule has 0 aliphatic heterocycles. The highest BCUT2D eigenvalue weighted by Crippen LogP contribution is 2.35. The number of aryl methyl sites for hydroxylation is 1. The van der Waals surface area contributed by atoms with Crippen LogP contribution in [-0.2, 0) is 10.0 Å². The molecule has 0 spiro atoms. The minimum absolute atomic E-state index is 0.0872. The Kier molecular flexibility index (Phi) is 6.14. The Labute approximate surface area is 178 Å². The highest BCUT2D eigenvalue weighted by Gasteiger charge is 2.22. The Morgan fingerprint density at radius 1 is 1.00 bits per heavy atom. The van der Waals surface area contributed by atoms with Gasteiger partial charge in [0.25, 0.3) is 15.7 Å². The molecule has 0 aromatic heterocycles. The number of nitrogens with zero attached hydrogens (tertiary/aromatic N) is 1. The lowest BCUT2D eigenvalue weighted by atomic mass is 10.2. The molecule has 0 unspecified atom stereocenters. The molecule has 0 fully saturated rings. The first-order valence-electron chi connectivity index (χ1n) is 8.59. The molecule has 3 aromatic carbocycles. The van der Waals surface area contributed by atoms with Gasteiger partial charge >= 0.3 is 0 Å². The van der Waals surface area contributed by atoms with Crippen LogP contribution in [0.1, 0.15) is 5.56 Å². The van der Waals surface area contributed by atoms with Gasteiger partial charge in [-0.05, 0) is 55.0 Å². The predicted octanol–water partition coefficient (Wildman–Crippen LogP) is 5.16. The van der Waals surface area contributed by atoms with Crippen LogP contribution in [-0.4, -0.2) is 20.5 Å². The Balaban J connectivity index is 1.96. The normalized spacial score (nSPS) is 11.0. The SMILES string of the molecule is COc1ccc(Oc2ccc(Cl)cc2NS(=O)(=O)c2cc([N+](=O)[O-])ccc2C)cc1. The molecule has 0 aliphatic carbocycles. The summed E-state index contributed by atoms with van der Waals surface area (Å²) in [7, 11) is -2.62. The Morgan fingerprint density at radius 3 is 2.30 bits per heavy atom. The van der Waals surface area contributed by atoms with Gasteiger partial charge in [-0.2, -0.15) is 0 Å². The first kappa shape index (κ1) is 21.4. The van der Waals surface area contributed by atoms with Crippen molar-refractivity contribution in [2.75, 3.05) is 11.8 Å². The van der Waals surface area contributed by atoms with Crippen molar-refractivity contribution in [1.82, 2.24) is 0 Å². The van der Waals surface area contributed by atoms with Gasteiger partial charge in [0.2, 0.25) is 0 Å². The second-order valence-corrected chi connectivity index (χ2v) is 8.32. The van der Waals surface area contributed by atoms with Gasteiger partial charge in [-0.3, -0.25) is 14.8 Å². The van der Waals surface area contributed by atoms with Gasteiger partial charge < -0.3 is 9.47 Å². The van der Waals surface area contributed by atoms with E-state index in [9.17, 15) is 18.5 Å². The van der Waals surface area contributed by atoms with Crippen LogP contribution in [0.4, 0.5) is 11.4 Å². The van der Waals surface area contributed by atoms with Crippen molar-refractivity contribution in [2.45, 2.75) is 11.8 Å². The van der Waals surface area contributed by atoms with E-state index < -0.39 is 14.9 Å². The number of halogens is 1. The van der Waals surface area contributed by atoms with Crippen LogP contribution in [0.15, 0.2) is 65.6 Å². The zero-order chi connectivity index (χ0) is 21.9. The number of hydrogen-bond donors (Lipinski definition) is 1. The third-order valence-electron chi connectivity index (χ3n) is 4.15. The third kappa shape index (κ3) is 4.81. The summed E-state index contributed by atoms with van der Waals surface area (Å²) in [4.78, 5) is 10.2. The van der Waals surface area contributed by atoms with E-state index >= 15 is 0 Å². The Hall–Kier alpha value is -3.30. The number of sulfonamides is 1. The van der Waals surface area contributed by atoms with E-state index in [1.165, 1.54) is 31.4 Å². The first-order chi connectivity index (χ1) is 14.2. The summed E-state index contributed by atoms with van der Waals surface area (Å²) in [5, 5.41) is 11.3. The maximum Gasteiger partial charge on any atom is 0.270 e. The number of nitro benzene ring substituents is 1. The van der Waals surface area contributed by atoms with E-state index in [1.807, 2.05) is 0 Å². The minimum Gasteiger partial charge on any atom is -0.497 e. The number of hydrogen-bond acceptors (Lipinski definition) is 6. The topological polar surface area (TPSA) is 108 Å². The molecule has 30 heavy (non-hydrogen) atoms. The fourth-order valence-corrected chi connectivity index (χ4v) is 4.13. The molecule has 0 saturated carbocycles. The molecule has 0 amide bonds. The summed E-state index contributed by atoms with van der Waals surface area (Å²) in [5.41, 5.74) is 0.110. The molecule has 0 radical (unpaired) electrons. The maximum absolute atomic E-state index is 12.9. The lowest BCUT2D eigenvalue weighted by molar-refractivity contribution is -0.385. The fourth-order valence-electron chi connectivity index (χ4n) is 2.63. The van der Waals surface area contributed by atoms with Gasteiger partial charge in [0.1, 0.15) is 11.5 Å². The summed E-state index contributed by atoms with van der Waals surface area (Å²) in [6.07, 6.45) is 0. The van der Waals surface area contributed by atoms with Crippen LogP contribution in [0, 0.1) is 17.0 Å². The highest BCUT2D eigenvalue weighted by molar-refractivity contribution is 7.92. The molecule has 0 aliphatic rings. The molecule has 0 heterocycles. The van der Waals surface area contributed by atoms with Gasteiger partial charge in [0, 0.05) is 17.2 Å². The molecule has 0 bridgehead atoms. The highest BCUT2D eigenvalue weighted by atomic mass is 35.5. The molecule has 0 saturated heterocycles. The zero-order valence-corrected chi connectivity index (χ0v) is 17.5. The van der Waals surface area contributed by atoms with E-state index in [-0.39, 0.29) is 27.0 Å². The van der Waals surface area contributed by atoms with E-state index in [1.54, 1.807) is 37.3 Å². The van der Waals surface area contributed by atoms with Crippen LogP contribution in [0.3, 0.4) is 0 Å². The van der Waals surface area contributed by atoms with Gasteiger partial charge in [0.05, 0.1) is 22.6 Å². The fraction of sp³-hybridized carbons (Fsp3) is 0.100. The quantitative estimate of drug-likeness (QED) is 0.395. The smallest absolute Gasteiger partial charge is 0.270 e. The summed E-state index contributed by atoms with van der Waals surface area (Å²) in [6, 6.07) is 14.8. The van der Waals surface area contributed by atoms with Crippen LogP contribution >= 0.6 is 11.6 Å². The second-order valence-electron chi connectivity index (χ2n) is 6.23. The first-order valence-corrected chi connectivity index (χ1v) is 10.4. The number of nitro groups is 1. The lowest BCUT2D eigenvalue weighted by Crippen LogP contribution is -2.15.